The van der Waals surface area contributed by atoms with Gasteiger partial charge in [-0.15, -0.1) is 0 Å². The zero-order valence-electron chi connectivity index (χ0n) is 9.73. The van der Waals surface area contributed by atoms with E-state index in [-0.39, 0.29) is 11.5 Å². The van der Waals surface area contributed by atoms with E-state index in [1.54, 1.807) is 6.07 Å². The van der Waals surface area contributed by atoms with Gasteiger partial charge in [-0.2, -0.15) is 0 Å². The predicted molar refractivity (Wildman–Crippen MR) is 65.1 cm³/mol. The van der Waals surface area contributed by atoms with Gasteiger partial charge in [-0.25, -0.2) is 0 Å². The van der Waals surface area contributed by atoms with Crippen LogP contribution in [0, 0.1) is 6.92 Å². The van der Waals surface area contributed by atoms with E-state index < -0.39 is 0 Å². The molecular weight excluding hydrogens is 216 g/mol. The summed E-state index contributed by atoms with van der Waals surface area (Å²) in [6.45, 7) is 2.72. The maximum atomic E-state index is 12.0. The van der Waals surface area contributed by atoms with Crippen LogP contribution in [-0.4, -0.2) is 6.61 Å². The Hall–Kier alpha value is -1.61. The third kappa shape index (κ3) is 1.87. The van der Waals surface area contributed by atoms with Gasteiger partial charge >= 0.3 is 0 Å². The highest BCUT2D eigenvalue weighted by atomic mass is 16.5. The first kappa shape index (κ1) is 10.5. The lowest BCUT2D eigenvalue weighted by Crippen LogP contribution is -2.05. The van der Waals surface area contributed by atoms with E-state index in [4.69, 9.17) is 9.15 Å². The number of benzene rings is 1. The normalized spacial score (nSPS) is 19.9. The van der Waals surface area contributed by atoms with Crippen LogP contribution in [0.25, 0.3) is 11.0 Å². The van der Waals surface area contributed by atoms with Gasteiger partial charge in [0.25, 0.3) is 0 Å². The van der Waals surface area contributed by atoms with Crippen molar-refractivity contribution in [2.24, 2.45) is 0 Å². The van der Waals surface area contributed by atoms with Crippen molar-refractivity contribution < 1.29 is 9.15 Å². The molecule has 1 aromatic heterocycles. The molecule has 0 N–H and O–H groups in total. The Labute approximate surface area is 99.0 Å². The molecule has 1 saturated heterocycles. The zero-order valence-corrected chi connectivity index (χ0v) is 9.73. The van der Waals surface area contributed by atoms with Crippen LogP contribution in [0.1, 0.15) is 30.3 Å². The third-order valence-electron chi connectivity index (χ3n) is 3.15. The maximum absolute atomic E-state index is 12.0. The van der Waals surface area contributed by atoms with Crippen molar-refractivity contribution in [3.8, 4) is 0 Å². The number of hydrogen-bond acceptors (Lipinski definition) is 3. The Morgan fingerprint density at radius 1 is 1.29 bits per heavy atom. The highest BCUT2D eigenvalue weighted by molar-refractivity contribution is 5.77. The predicted octanol–water partition coefficient (Wildman–Crippen LogP) is 2.95. The molecule has 3 heteroatoms. The number of aryl methyl sites for hydroxylation is 1. The van der Waals surface area contributed by atoms with Crippen molar-refractivity contribution in [3.63, 3.8) is 0 Å². The highest BCUT2D eigenvalue weighted by Gasteiger charge is 2.21. The van der Waals surface area contributed by atoms with Gasteiger partial charge in [-0.05, 0) is 31.9 Å². The van der Waals surface area contributed by atoms with Crippen molar-refractivity contribution in [3.05, 3.63) is 45.8 Å². The molecule has 1 aromatic carbocycles. The lowest BCUT2D eigenvalue weighted by molar-refractivity contribution is 0.0940. The van der Waals surface area contributed by atoms with Gasteiger partial charge < -0.3 is 9.15 Å². The molecule has 0 bridgehead atoms. The molecule has 17 heavy (non-hydrogen) atoms. The van der Waals surface area contributed by atoms with Crippen LogP contribution < -0.4 is 5.43 Å². The lowest BCUT2D eigenvalue weighted by Gasteiger charge is -2.09. The topological polar surface area (TPSA) is 39.4 Å². The van der Waals surface area contributed by atoms with Crippen LogP contribution >= 0.6 is 0 Å². The number of hydrogen-bond donors (Lipinski definition) is 0. The van der Waals surface area contributed by atoms with Crippen LogP contribution in [0.5, 0.6) is 0 Å². The Balaban J connectivity index is 2.17. The van der Waals surface area contributed by atoms with Crippen LogP contribution in [0.15, 0.2) is 33.5 Å². The summed E-state index contributed by atoms with van der Waals surface area (Å²) in [4.78, 5) is 12.0. The van der Waals surface area contributed by atoms with Crippen molar-refractivity contribution in [2.45, 2.75) is 25.9 Å². The molecular formula is C14H14O3. The Morgan fingerprint density at radius 3 is 2.94 bits per heavy atom. The molecule has 1 fully saturated rings. The van der Waals surface area contributed by atoms with E-state index >= 15 is 0 Å². The molecule has 0 amide bonds. The summed E-state index contributed by atoms with van der Waals surface area (Å²) in [5.74, 6) is 0.656. The largest absolute Gasteiger partial charge is 0.458 e. The highest BCUT2D eigenvalue weighted by Crippen LogP contribution is 2.29. The molecule has 0 saturated carbocycles. The van der Waals surface area contributed by atoms with E-state index in [0.717, 1.165) is 25.0 Å². The SMILES string of the molecule is Cc1ccc2oc(C3CCCO3)cc(=O)c2c1. The fourth-order valence-corrected chi connectivity index (χ4v) is 2.25. The first-order valence-electron chi connectivity index (χ1n) is 5.90. The first-order valence-corrected chi connectivity index (χ1v) is 5.90. The molecule has 0 radical (unpaired) electrons. The second kappa shape index (κ2) is 4.00. The minimum Gasteiger partial charge on any atom is -0.458 e. The van der Waals surface area contributed by atoms with E-state index in [1.807, 2.05) is 25.1 Å². The summed E-state index contributed by atoms with van der Waals surface area (Å²) in [7, 11) is 0. The van der Waals surface area contributed by atoms with E-state index in [9.17, 15) is 4.79 Å². The van der Waals surface area contributed by atoms with Crippen LogP contribution in [0.4, 0.5) is 0 Å². The fourth-order valence-electron chi connectivity index (χ4n) is 2.25. The molecule has 1 aliphatic heterocycles. The Bertz CT molecular complexity index is 606. The van der Waals surface area contributed by atoms with Gasteiger partial charge in [-0.3, -0.25) is 4.79 Å². The van der Waals surface area contributed by atoms with Gasteiger partial charge in [0.1, 0.15) is 17.4 Å². The summed E-state index contributed by atoms with van der Waals surface area (Å²) in [5, 5.41) is 0.645. The molecule has 2 heterocycles. The molecule has 2 aromatic rings. The van der Waals surface area contributed by atoms with Gasteiger partial charge in [0.05, 0.1) is 5.39 Å². The van der Waals surface area contributed by atoms with Crippen LogP contribution in [0.3, 0.4) is 0 Å². The first-order chi connectivity index (χ1) is 8.24. The molecule has 0 spiro atoms. The summed E-state index contributed by atoms with van der Waals surface area (Å²) in [5.41, 5.74) is 1.73. The second-order valence-electron chi connectivity index (χ2n) is 4.51. The molecule has 1 unspecified atom stereocenters. The number of fused-ring (bicyclic) bond motifs is 1. The minimum atomic E-state index is -0.0478. The van der Waals surface area contributed by atoms with Gasteiger partial charge in [0.2, 0.25) is 0 Å². The van der Waals surface area contributed by atoms with Crippen molar-refractivity contribution in [1.82, 2.24) is 0 Å². The smallest absolute Gasteiger partial charge is 0.193 e. The number of ether oxygens (including phenoxy) is 1. The van der Waals surface area contributed by atoms with Crippen molar-refractivity contribution >= 4 is 11.0 Å². The molecule has 88 valence electrons. The van der Waals surface area contributed by atoms with Crippen LogP contribution in [-0.2, 0) is 4.74 Å². The zero-order chi connectivity index (χ0) is 11.8. The van der Waals surface area contributed by atoms with Crippen LogP contribution in [0.2, 0.25) is 0 Å². The Kier molecular flexibility index (Phi) is 2.48. The molecule has 0 aliphatic carbocycles. The third-order valence-corrected chi connectivity index (χ3v) is 3.15. The van der Waals surface area contributed by atoms with E-state index in [2.05, 4.69) is 0 Å². The quantitative estimate of drug-likeness (QED) is 0.756. The van der Waals surface area contributed by atoms with Gasteiger partial charge in [0.15, 0.2) is 5.43 Å². The second-order valence-corrected chi connectivity index (χ2v) is 4.51. The Morgan fingerprint density at radius 2 is 2.18 bits per heavy atom. The molecule has 3 rings (SSSR count). The maximum Gasteiger partial charge on any atom is 0.193 e. The van der Waals surface area contributed by atoms with Crippen molar-refractivity contribution in [1.29, 1.82) is 0 Å². The minimum absolute atomic E-state index is 0.0143. The lowest BCUT2D eigenvalue weighted by atomic mass is 10.1. The summed E-state index contributed by atoms with van der Waals surface area (Å²) in [6.07, 6.45) is 1.91. The van der Waals surface area contributed by atoms with Gasteiger partial charge in [-0.1, -0.05) is 11.6 Å². The van der Waals surface area contributed by atoms with Gasteiger partial charge in [0, 0.05) is 12.7 Å². The monoisotopic (exact) mass is 230 g/mol. The van der Waals surface area contributed by atoms with E-state index in [1.165, 1.54) is 0 Å². The summed E-state index contributed by atoms with van der Waals surface area (Å²) >= 11 is 0. The average Bonchev–Trinajstić information content (AvgIpc) is 2.83. The fraction of sp³-hybridized carbons (Fsp3) is 0.357. The molecule has 1 atom stereocenters. The summed E-state index contributed by atoms with van der Waals surface area (Å²) < 4.78 is 11.3. The molecule has 1 aliphatic rings. The van der Waals surface area contributed by atoms with Crippen molar-refractivity contribution in [2.75, 3.05) is 6.61 Å². The summed E-state index contributed by atoms with van der Waals surface area (Å²) in [6, 6.07) is 7.23. The number of rotatable bonds is 1. The molecule has 3 nitrogen and oxygen atoms in total. The van der Waals surface area contributed by atoms with E-state index in [0.29, 0.717) is 16.7 Å². The average molecular weight is 230 g/mol. The standard InChI is InChI=1S/C14H14O3/c1-9-4-5-12-10(7-9)11(15)8-14(17-12)13-3-2-6-16-13/h4-5,7-8,13H,2-3,6H2,1H3.